The Bertz CT molecular complexity index is 1210. The smallest absolute Gasteiger partial charge is 0.252 e. The molecular formula is C22H22ClN5O2. The molecule has 154 valence electrons. The van der Waals surface area contributed by atoms with Gasteiger partial charge < -0.3 is 15.2 Å². The van der Waals surface area contributed by atoms with Crippen LogP contribution < -0.4 is 16.2 Å². The summed E-state index contributed by atoms with van der Waals surface area (Å²) in [5, 5.41) is 16.3. The van der Waals surface area contributed by atoms with E-state index in [1.807, 2.05) is 25.1 Å². The number of amides is 1. The number of rotatable bonds is 6. The molecule has 1 atom stereocenters. The van der Waals surface area contributed by atoms with Crippen molar-refractivity contribution in [1.82, 2.24) is 14.9 Å². The number of nitriles is 1. The third-order valence-corrected chi connectivity index (χ3v) is 5.21. The number of carbonyl (C=O) groups excluding carboxylic acids is 1. The summed E-state index contributed by atoms with van der Waals surface area (Å²) >= 11 is 6.05. The molecular weight excluding hydrogens is 402 g/mol. The van der Waals surface area contributed by atoms with Crippen LogP contribution in [-0.2, 0) is 18.3 Å². The van der Waals surface area contributed by atoms with E-state index in [0.29, 0.717) is 24.2 Å². The van der Waals surface area contributed by atoms with E-state index in [1.54, 1.807) is 30.8 Å². The number of likely N-dealkylation sites (N-methyl/N-ethyl adjacent to an activating group) is 1. The van der Waals surface area contributed by atoms with E-state index < -0.39 is 6.04 Å². The largest absolute Gasteiger partial charge is 0.373 e. The van der Waals surface area contributed by atoms with Crippen molar-refractivity contribution >= 4 is 34.1 Å². The van der Waals surface area contributed by atoms with Crippen molar-refractivity contribution in [3.05, 3.63) is 68.7 Å². The van der Waals surface area contributed by atoms with E-state index in [-0.39, 0.29) is 16.6 Å². The highest BCUT2D eigenvalue weighted by Crippen LogP contribution is 2.26. The predicted molar refractivity (Wildman–Crippen MR) is 118 cm³/mol. The summed E-state index contributed by atoms with van der Waals surface area (Å²) in [6.07, 6.45) is 2.06. The maximum absolute atomic E-state index is 12.4. The van der Waals surface area contributed by atoms with Gasteiger partial charge in [-0.2, -0.15) is 5.26 Å². The Kier molecular flexibility index (Phi) is 6.38. The molecule has 1 aromatic carbocycles. The molecule has 0 spiro atoms. The molecule has 2 heterocycles. The zero-order chi connectivity index (χ0) is 21.8. The Labute approximate surface area is 179 Å². The summed E-state index contributed by atoms with van der Waals surface area (Å²) in [5.74, 6) is -0.146. The minimum Gasteiger partial charge on any atom is -0.373 e. The van der Waals surface area contributed by atoms with E-state index in [0.717, 1.165) is 22.0 Å². The van der Waals surface area contributed by atoms with Gasteiger partial charge in [-0.3, -0.25) is 9.59 Å². The fraction of sp³-hybridized carbons (Fsp3) is 0.273. The van der Waals surface area contributed by atoms with E-state index in [2.05, 4.69) is 21.7 Å². The number of pyridine rings is 2. The zero-order valence-electron chi connectivity index (χ0n) is 17.0. The van der Waals surface area contributed by atoms with Crippen molar-refractivity contribution in [2.45, 2.75) is 26.3 Å². The number of benzene rings is 1. The van der Waals surface area contributed by atoms with Gasteiger partial charge in [-0.1, -0.05) is 17.7 Å². The van der Waals surface area contributed by atoms with Gasteiger partial charge in [0.05, 0.1) is 11.1 Å². The molecule has 0 radical (unpaired) electrons. The summed E-state index contributed by atoms with van der Waals surface area (Å²) in [6, 6.07) is 10.6. The molecule has 0 fully saturated rings. The summed E-state index contributed by atoms with van der Waals surface area (Å²) in [4.78, 5) is 28.5. The molecule has 0 bridgehead atoms. The number of aryl methyl sites for hydroxylation is 1. The van der Waals surface area contributed by atoms with Crippen LogP contribution in [0.15, 0.2) is 41.3 Å². The second-order valence-corrected chi connectivity index (χ2v) is 7.35. The van der Waals surface area contributed by atoms with Crippen LogP contribution in [-0.4, -0.2) is 28.0 Å². The minimum absolute atomic E-state index is 0.146. The summed E-state index contributed by atoms with van der Waals surface area (Å²) in [5.41, 5.74) is 3.21. The first-order valence-corrected chi connectivity index (χ1v) is 9.93. The van der Waals surface area contributed by atoms with Crippen molar-refractivity contribution in [2.24, 2.45) is 7.05 Å². The number of nitrogens with zero attached hydrogens (tertiary/aromatic N) is 3. The maximum Gasteiger partial charge on any atom is 0.252 e. The van der Waals surface area contributed by atoms with Gasteiger partial charge in [-0.05, 0) is 49.6 Å². The lowest BCUT2D eigenvalue weighted by molar-refractivity contribution is -0.121. The van der Waals surface area contributed by atoms with Gasteiger partial charge in [0.1, 0.15) is 17.3 Å². The van der Waals surface area contributed by atoms with Crippen LogP contribution in [0.1, 0.15) is 30.5 Å². The van der Waals surface area contributed by atoms with E-state index in [4.69, 9.17) is 11.6 Å². The third kappa shape index (κ3) is 4.29. The molecule has 0 saturated heterocycles. The first kappa shape index (κ1) is 21.3. The molecule has 30 heavy (non-hydrogen) atoms. The second-order valence-electron chi connectivity index (χ2n) is 6.99. The number of nitrogens with one attached hydrogen (secondary N) is 2. The zero-order valence-corrected chi connectivity index (χ0v) is 17.7. The Hall–Kier alpha value is -3.37. The lowest BCUT2D eigenvalue weighted by Gasteiger charge is -2.18. The Balaban J connectivity index is 2.05. The van der Waals surface area contributed by atoms with Crippen LogP contribution in [0.25, 0.3) is 10.9 Å². The van der Waals surface area contributed by atoms with Crippen molar-refractivity contribution in [2.75, 3.05) is 11.9 Å². The molecule has 7 nitrogen and oxygen atoms in total. The van der Waals surface area contributed by atoms with E-state index >= 15 is 0 Å². The van der Waals surface area contributed by atoms with Gasteiger partial charge in [0.25, 0.3) is 5.56 Å². The Morgan fingerprint density at radius 2 is 2.10 bits per heavy atom. The monoisotopic (exact) mass is 423 g/mol. The van der Waals surface area contributed by atoms with Gasteiger partial charge in [0.15, 0.2) is 0 Å². The highest BCUT2D eigenvalue weighted by Gasteiger charge is 2.15. The average molecular weight is 424 g/mol. The molecule has 3 aromatic rings. The summed E-state index contributed by atoms with van der Waals surface area (Å²) in [6.45, 7) is 4.13. The summed E-state index contributed by atoms with van der Waals surface area (Å²) in [7, 11) is 1.71. The number of hydrogen-bond donors (Lipinski definition) is 2. The number of anilines is 1. The van der Waals surface area contributed by atoms with E-state index in [9.17, 15) is 14.9 Å². The molecule has 3 rings (SSSR count). The van der Waals surface area contributed by atoms with Crippen LogP contribution in [0.5, 0.6) is 0 Å². The van der Waals surface area contributed by atoms with Crippen LogP contribution in [0.3, 0.4) is 0 Å². The van der Waals surface area contributed by atoms with Crippen LogP contribution in [0.2, 0.25) is 5.15 Å². The molecule has 0 aliphatic rings. The van der Waals surface area contributed by atoms with Gasteiger partial charge in [0, 0.05) is 36.9 Å². The predicted octanol–water partition coefficient (Wildman–Crippen LogP) is 2.99. The highest BCUT2D eigenvalue weighted by molar-refractivity contribution is 6.30. The summed E-state index contributed by atoms with van der Waals surface area (Å²) < 4.78 is 1.56. The molecule has 2 aromatic heterocycles. The molecule has 1 unspecified atom stereocenters. The lowest BCUT2D eigenvalue weighted by Crippen LogP contribution is -2.37. The Morgan fingerprint density at radius 3 is 2.80 bits per heavy atom. The van der Waals surface area contributed by atoms with Crippen molar-refractivity contribution in [3.8, 4) is 6.07 Å². The molecule has 2 N–H and O–H groups in total. The topological polar surface area (TPSA) is 99.8 Å². The molecule has 1 amide bonds. The molecule has 0 saturated carbocycles. The van der Waals surface area contributed by atoms with Gasteiger partial charge in [-0.15, -0.1) is 0 Å². The first-order valence-electron chi connectivity index (χ1n) is 9.56. The number of carbonyl (C=O) groups is 1. The normalized spacial score (nSPS) is 11.7. The third-order valence-electron chi connectivity index (χ3n) is 4.92. The minimum atomic E-state index is -0.506. The Morgan fingerprint density at radius 1 is 1.33 bits per heavy atom. The molecule has 8 heteroatoms. The van der Waals surface area contributed by atoms with Crippen LogP contribution >= 0.6 is 11.6 Å². The van der Waals surface area contributed by atoms with Gasteiger partial charge >= 0.3 is 0 Å². The number of halogens is 1. The van der Waals surface area contributed by atoms with Crippen LogP contribution in [0, 0.1) is 11.3 Å². The fourth-order valence-electron chi connectivity index (χ4n) is 3.32. The van der Waals surface area contributed by atoms with Gasteiger partial charge in [0.2, 0.25) is 5.91 Å². The fourth-order valence-corrected chi connectivity index (χ4v) is 3.54. The average Bonchev–Trinajstić information content (AvgIpc) is 2.72. The maximum atomic E-state index is 12.4. The standard InChI is InChI=1S/C22H22ClN5O2/c1-4-25-22(30)13(2)27-18-11-20(29)28(3)19-6-5-14(10-16(18)19)9-15-7-8-26-21(23)17(15)12-24/h5-8,10-11,13,27H,4,9H2,1-3H3,(H,25,30). The number of fused-ring (bicyclic) bond motifs is 1. The van der Waals surface area contributed by atoms with E-state index in [1.165, 1.54) is 6.07 Å². The number of hydrogen-bond acceptors (Lipinski definition) is 5. The van der Waals surface area contributed by atoms with Gasteiger partial charge in [-0.25, -0.2) is 4.98 Å². The van der Waals surface area contributed by atoms with Crippen molar-refractivity contribution in [3.63, 3.8) is 0 Å². The first-order chi connectivity index (χ1) is 14.3. The van der Waals surface area contributed by atoms with Crippen LogP contribution in [0.4, 0.5) is 5.69 Å². The van der Waals surface area contributed by atoms with Crippen molar-refractivity contribution < 1.29 is 4.79 Å². The molecule has 0 aliphatic heterocycles. The SMILES string of the molecule is CCNC(=O)C(C)Nc1cc(=O)n(C)c2ccc(Cc3ccnc(Cl)c3C#N)cc12. The quantitative estimate of drug-likeness (QED) is 0.594. The lowest BCUT2D eigenvalue weighted by atomic mass is 10.00. The van der Waals surface area contributed by atoms with Crippen molar-refractivity contribution in [1.29, 1.82) is 5.26 Å². The number of aromatic nitrogens is 2. The second kappa shape index (κ2) is 8.97. The molecule has 0 aliphatic carbocycles. The highest BCUT2D eigenvalue weighted by atomic mass is 35.5.